The first-order valence-corrected chi connectivity index (χ1v) is 11.2. The van der Waals surface area contributed by atoms with E-state index in [9.17, 15) is 13.6 Å². The molecule has 5 rings (SSSR count). The van der Waals surface area contributed by atoms with Gasteiger partial charge in [-0.15, -0.1) is 8.78 Å². The number of rotatable bonds is 6. The monoisotopic (exact) mass is 497 g/mol. The molecule has 11 heteroatoms. The molecule has 0 spiro atoms. The number of carbonyl (C=O) groups excluding carboxylic acids is 1. The predicted molar refractivity (Wildman–Crippen MR) is 126 cm³/mol. The van der Waals surface area contributed by atoms with Gasteiger partial charge in [-0.1, -0.05) is 0 Å². The lowest BCUT2D eigenvalue weighted by molar-refractivity contribution is -0.0964. The molecule has 0 saturated heterocycles. The van der Waals surface area contributed by atoms with Crippen molar-refractivity contribution >= 4 is 45.6 Å². The van der Waals surface area contributed by atoms with Crippen LogP contribution in [0.15, 0.2) is 78.3 Å². The van der Waals surface area contributed by atoms with E-state index < -0.39 is 11.5 Å². The molecule has 34 heavy (non-hydrogen) atoms. The van der Waals surface area contributed by atoms with E-state index in [-0.39, 0.29) is 5.75 Å². The van der Waals surface area contributed by atoms with Gasteiger partial charge in [0, 0.05) is 51.8 Å². The van der Waals surface area contributed by atoms with Crippen molar-refractivity contribution in [3.8, 4) is 22.6 Å². The van der Waals surface area contributed by atoms with Crippen molar-refractivity contribution in [1.82, 2.24) is 19.5 Å². The van der Waals surface area contributed by atoms with E-state index in [1.807, 2.05) is 21.4 Å². The Kier molecular flexibility index (Phi) is 5.68. The number of halogens is 3. The molecule has 0 aliphatic rings. The highest BCUT2D eigenvalue weighted by atomic mass is 35.5. The highest BCUT2D eigenvalue weighted by Crippen LogP contribution is 2.32. The average molecular weight is 498 g/mol. The van der Waals surface area contributed by atoms with Crippen LogP contribution in [0.4, 0.5) is 14.5 Å². The number of alkyl halides is 3. The normalized spacial score (nSPS) is 11.5. The Hall–Kier alpha value is -3.89. The molecule has 3 aromatic heterocycles. The second-order valence-electron chi connectivity index (χ2n) is 7.14. The SMILES string of the molecule is O=C(Nc1ccc(OC(F)(F)Cl)cc1)c1cc(-c2cncnc2)c2c(c1)ncn2-c1ccsc1. The molecule has 5 aromatic rings. The smallest absolute Gasteiger partial charge is 0.420 e. The maximum absolute atomic E-state index is 13.0. The molecule has 2 aromatic carbocycles. The van der Waals surface area contributed by atoms with Crippen molar-refractivity contribution in [2.45, 2.75) is 5.57 Å². The lowest BCUT2D eigenvalue weighted by atomic mass is 10.0. The van der Waals surface area contributed by atoms with Crippen LogP contribution in [-0.2, 0) is 0 Å². The van der Waals surface area contributed by atoms with Gasteiger partial charge in [0.1, 0.15) is 18.4 Å². The summed E-state index contributed by atoms with van der Waals surface area (Å²) in [5, 5.41) is 6.72. The Balaban J connectivity index is 1.51. The zero-order valence-corrected chi connectivity index (χ0v) is 18.7. The predicted octanol–water partition coefficient (Wildman–Crippen LogP) is 5.96. The number of thiophene rings is 1. The Bertz CT molecular complexity index is 1450. The van der Waals surface area contributed by atoms with Gasteiger partial charge in [0.25, 0.3) is 5.91 Å². The number of imidazole rings is 1. The molecule has 3 heterocycles. The number of ether oxygens (including phenoxy) is 1. The molecule has 0 aliphatic heterocycles. The molecule has 170 valence electrons. The summed E-state index contributed by atoms with van der Waals surface area (Å²) in [4.78, 5) is 25.8. The summed E-state index contributed by atoms with van der Waals surface area (Å²) in [7, 11) is 0. The number of nitrogens with one attached hydrogen (secondary N) is 1. The molecular formula is C23H14ClF2N5O2S. The highest BCUT2D eigenvalue weighted by molar-refractivity contribution is 7.08. The summed E-state index contributed by atoms with van der Waals surface area (Å²) in [6.07, 6.45) is 6.47. The third-order valence-electron chi connectivity index (χ3n) is 4.91. The molecule has 0 radical (unpaired) electrons. The van der Waals surface area contributed by atoms with Gasteiger partial charge < -0.3 is 10.1 Å². The number of aromatic nitrogens is 4. The third kappa shape index (κ3) is 4.59. The van der Waals surface area contributed by atoms with Crippen LogP contribution in [0.1, 0.15) is 10.4 Å². The average Bonchev–Trinajstić information content (AvgIpc) is 3.49. The molecule has 0 aliphatic carbocycles. The summed E-state index contributed by atoms with van der Waals surface area (Å²) in [5.74, 6) is -0.536. The highest BCUT2D eigenvalue weighted by Gasteiger charge is 2.27. The first kappa shape index (κ1) is 21.9. The topological polar surface area (TPSA) is 81.9 Å². The minimum atomic E-state index is -3.82. The van der Waals surface area contributed by atoms with Gasteiger partial charge >= 0.3 is 5.57 Å². The zero-order chi connectivity index (χ0) is 23.7. The van der Waals surface area contributed by atoms with Crippen molar-refractivity contribution < 1.29 is 18.3 Å². The van der Waals surface area contributed by atoms with E-state index in [0.717, 1.165) is 22.3 Å². The fourth-order valence-electron chi connectivity index (χ4n) is 3.47. The van der Waals surface area contributed by atoms with Gasteiger partial charge in [-0.3, -0.25) is 9.36 Å². The summed E-state index contributed by atoms with van der Waals surface area (Å²) in [6, 6.07) is 10.8. The van der Waals surface area contributed by atoms with Crippen molar-refractivity contribution in [3.05, 3.63) is 83.8 Å². The molecule has 7 nitrogen and oxygen atoms in total. The Labute approximate surface area is 200 Å². The van der Waals surface area contributed by atoms with Crippen LogP contribution in [0.2, 0.25) is 0 Å². The quantitative estimate of drug-likeness (QED) is 0.292. The van der Waals surface area contributed by atoms with Crippen molar-refractivity contribution in [1.29, 1.82) is 0 Å². The molecule has 0 saturated carbocycles. The van der Waals surface area contributed by atoms with Crippen LogP contribution in [-0.4, -0.2) is 31.0 Å². The fourth-order valence-corrected chi connectivity index (χ4v) is 4.19. The van der Waals surface area contributed by atoms with Crippen molar-refractivity contribution in [2.75, 3.05) is 5.32 Å². The van der Waals surface area contributed by atoms with E-state index in [1.54, 1.807) is 42.2 Å². The minimum Gasteiger partial charge on any atom is -0.420 e. The second-order valence-corrected chi connectivity index (χ2v) is 8.36. The molecule has 0 unspecified atom stereocenters. The van der Waals surface area contributed by atoms with Crippen molar-refractivity contribution in [3.63, 3.8) is 0 Å². The van der Waals surface area contributed by atoms with Crippen LogP contribution in [0, 0.1) is 0 Å². The van der Waals surface area contributed by atoms with Crippen LogP contribution in [0.5, 0.6) is 5.75 Å². The van der Waals surface area contributed by atoms with Crippen LogP contribution >= 0.6 is 22.9 Å². The molecule has 0 fully saturated rings. The number of fused-ring (bicyclic) bond motifs is 1. The molecule has 1 N–H and O–H groups in total. The summed E-state index contributed by atoms with van der Waals surface area (Å²) >= 11 is 6.34. The van der Waals surface area contributed by atoms with Gasteiger partial charge in [0.05, 0.1) is 16.7 Å². The lowest BCUT2D eigenvalue weighted by Gasteiger charge is -2.12. The van der Waals surface area contributed by atoms with Gasteiger partial charge in [0.15, 0.2) is 0 Å². The number of amides is 1. The number of benzene rings is 2. The Morgan fingerprint density at radius 3 is 2.56 bits per heavy atom. The number of anilines is 1. The van der Waals surface area contributed by atoms with E-state index >= 15 is 0 Å². The van der Waals surface area contributed by atoms with Gasteiger partial charge in [-0.2, -0.15) is 11.3 Å². The van der Waals surface area contributed by atoms with Gasteiger partial charge in [-0.05, 0) is 47.8 Å². The van der Waals surface area contributed by atoms with E-state index in [4.69, 9.17) is 11.6 Å². The number of nitrogens with zero attached hydrogens (tertiary/aromatic N) is 4. The minimum absolute atomic E-state index is 0.134. The maximum atomic E-state index is 13.0. The molecule has 0 bridgehead atoms. The number of hydrogen-bond acceptors (Lipinski definition) is 6. The van der Waals surface area contributed by atoms with Gasteiger partial charge in [-0.25, -0.2) is 15.0 Å². The molecular weight excluding hydrogens is 484 g/mol. The van der Waals surface area contributed by atoms with E-state index in [0.29, 0.717) is 16.8 Å². The van der Waals surface area contributed by atoms with Crippen LogP contribution in [0.3, 0.4) is 0 Å². The summed E-state index contributed by atoms with van der Waals surface area (Å²) in [6.45, 7) is 0. The van der Waals surface area contributed by atoms with Crippen molar-refractivity contribution in [2.24, 2.45) is 0 Å². The van der Waals surface area contributed by atoms with E-state index in [2.05, 4.69) is 25.0 Å². The third-order valence-corrected chi connectivity index (χ3v) is 5.65. The maximum Gasteiger partial charge on any atom is 0.487 e. The fraction of sp³-hybridized carbons (Fsp3) is 0.0435. The first-order chi connectivity index (χ1) is 16.4. The Morgan fingerprint density at radius 1 is 1.12 bits per heavy atom. The lowest BCUT2D eigenvalue weighted by Crippen LogP contribution is -2.16. The molecule has 0 atom stereocenters. The Morgan fingerprint density at radius 2 is 1.88 bits per heavy atom. The largest absolute Gasteiger partial charge is 0.487 e. The zero-order valence-electron chi connectivity index (χ0n) is 17.2. The molecule has 1 amide bonds. The second kappa shape index (κ2) is 8.81. The standard InChI is InChI=1S/C23H14ClF2N5O2S/c24-23(25,26)33-18-3-1-16(2-4-18)30-22(32)14-7-19(15-9-27-12-28-10-15)21-20(8-14)29-13-31(21)17-5-6-34-11-17/h1-13H,(H,30,32). The van der Waals surface area contributed by atoms with E-state index in [1.165, 1.54) is 30.6 Å². The van der Waals surface area contributed by atoms with Crippen LogP contribution < -0.4 is 10.1 Å². The van der Waals surface area contributed by atoms with Gasteiger partial charge in [0.2, 0.25) is 0 Å². The summed E-state index contributed by atoms with van der Waals surface area (Å²) < 4.78 is 31.8. The number of hydrogen-bond donors (Lipinski definition) is 1. The first-order valence-electron chi connectivity index (χ1n) is 9.83. The summed E-state index contributed by atoms with van der Waals surface area (Å²) in [5.41, 5.74) is 0.775. The number of carbonyl (C=O) groups is 1. The van der Waals surface area contributed by atoms with Crippen LogP contribution in [0.25, 0.3) is 27.8 Å².